The van der Waals surface area contributed by atoms with Crippen LogP contribution in [0, 0.1) is 5.41 Å². The Morgan fingerprint density at radius 2 is 0.724 bits per heavy atom. The first-order chi connectivity index (χ1) is 13.8. The average Bonchev–Trinajstić information content (AvgIpc) is 2.68. The molecule has 0 spiro atoms. The van der Waals surface area contributed by atoms with Gasteiger partial charge in [-0.15, -0.1) is 0 Å². The monoisotopic (exact) mass is 484 g/mol. The highest BCUT2D eigenvalue weighted by atomic mass is 32.1. The van der Waals surface area contributed by atoms with Crippen LogP contribution in [0.3, 0.4) is 0 Å². The van der Waals surface area contributed by atoms with Gasteiger partial charge in [0.2, 0.25) is 0 Å². The van der Waals surface area contributed by atoms with Crippen molar-refractivity contribution in [3.8, 4) is 0 Å². The molecule has 0 fully saturated rings. The molecule has 0 bridgehead atoms. The highest BCUT2D eigenvalue weighted by Gasteiger charge is 2.38. The maximum atomic E-state index is 11.6. The smallest absolute Gasteiger partial charge is 0.328 e. The Bertz CT molecular complexity index is 539. The van der Waals surface area contributed by atoms with Gasteiger partial charge in [-0.3, -0.25) is 19.2 Å². The van der Waals surface area contributed by atoms with E-state index in [1.165, 1.54) is 0 Å². The number of esters is 4. The third-order valence-corrected chi connectivity index (χ3v) is 3.45. The van der Waals surface area contributed by atoms with Crippen molar-refractivity contribution in [2.45, 2.75) is 0 Å². The molecule has 160 valence electrons. The maximum Gasteiger partial charge on any atom is 0.328 e. The lowest BCUT2D eigenvalue weighted by atomic mass is 9.92. The Morgan fingerprint density at radius 1 is 0.517 bits per heavy atom. The zero-order chi connectivity index (χ0) is 22.1. The summed E-state index contributed by atoms with van der Waals surface area (Å²) in [5, 5.41) is 0. The van der Waals surface area contributed by atoms with Gasteiger partial charge in [-0.25, -0.2) is 17.5 Å². The number of hydrogen-bond donors (Lipinski definition) is 0. The first-order valence-electron chi connectivity index (χ1n) is 7.61. The van der Waals surface area contributed by atoms with Crippen molar-refractivity contribution in [1.29, 1.82) is 0 Å². The lowest BCUT2D eigenvalue weighted by molar-refractivity contribution is -0.168. The fraction of sp³-hybridized carbons (Fsp3) is 0.692. The first-order valence-corrected chi connectivity index (χ1v) is 9.07. The molecule has 0 saturated carbocycles. The molecule has 0 rings (SSSR count). The minimum absolute atomic E-state index is 0.413. The minimum atomic E-state index is -1.46. The molecule has 12 nitrogen and oxygen atoms in total. The Kier molecular flexibility index (Phi) is 14.7. The molecule has 0 atom stereocenters. The number of nitrogens with zero attached hydrogens (tertiary/aromatic N) is 4. The molecule has 0 aromatic heterocycles. The second-order valence-corrected chi connectivity index (χ2v) is 6.32. The first kappa shape index (κ1) is 27.0. The van der Waals surface area contributed by atoms with Gasteiger partial charge in [0.15, 0.2) is 0 Å². The predicted octanol–water partition coefficient (Wildman–Crippen LogP) is -0.932. The number of hydrogen-bond acceptors (Lipinski definition) is 16. The van der Waals surface area contributed by atoms with Crippen LogP contribution >= 0.6 is 0 Å². The van der Waals surface area contributed by atoms with Gasteiger partial charge >= 0.3 is 23.9 Å². The number of rotatable bonds is 16. The maximum absolute atomic E-state index is 11.6. The van der Waals surface area contributed by atoms with E-state index in [4.69, 9.17) is 18.9 Å². The highest BCUT2D eigenvalue weighted by molar-refractivity contribution is 7.47. The van der Waals surface area contributed by atoms with Gasteiger partial charge in [0, 0.05) is 49.7 Å². The lowest BCUT2D eigenvalue weighted by Crippen LogP contribution is -2.44. The van der Waals surface area contributed by atoms with E-state index < -0.39 is 81.9 Å². The van der Waals surface area contributed by atoms with Gasteiger partial charge in [0.1, 0.15) is 58.0 Å². The van der Waals surface area contributed by atoms with E-state index in [1.807, 2.05) is 0 Å². The van der Waals surface area contributed by atoms with Crippen molar-refractivity contribution in [2.24, 2.45) is 22.9 Å². The summed E-state index contributed by atoms with van der Waals surface area (Å²) in [7, 11) is 0. The second-order valence-electron chi connectivity index (χ2n) is 5.29. The Labute approximate surface area is 187 Å². The largest absolute Gasteiger partial charge is 0.463 e. The summed E-state index contributed by atoms with van der Waals surface area (Å²) in [5.41, 5.74) is -1.46. The fourth-order valence-electron chi connectivity index (χ4n) is 1.58. The van der Waals surface area contributed by atoms with Crippen molar-refractivity contribution >= 4 is 73.6 Å². The molecule has 0 N–H and O–H groups in total. The van der Waals surface area contributed by atoms with Crippen molar-refractivity contribution in [1.82, 2.24) is 0 Å². The van der Waals surface area contributed by atoms with Crippen LogP contribution < -0.4 is 0 Å². The van der Waals surface area contributed by atoms with E-state index in [1.54, 1.807) is 0 Å². The van der Waals surface area contributed by atoms with Crippen LogP contribution in [0.15, 0.2) is 17.5 Å². The molecule has 0 aromatic rings. The van der Waals surface area contributed by atoms with Gasteiger partial charge in [-0.05, 0) is 0 Å². The fourth-order valence-corrected chi connectivity index (χ4v) is 2.00. The summed E-state index contributed by atoms with van der Waals surface area (Å²) < 4.78 is 32.9. The van der Waals surface area contributed by atoms with E-state index in [-0.39, 0.29) is 0 Å². The SMILES string of the molecule is O=C(CN=S)OCC(COC(=O)CN=S)(COC(=O)CN=S)COC(=O)CN=S. The Morgan fingerprint density at radius 3 is 0.897 bits per heavy atom. The van der Waals surface area contributed by atoms with E-state index in [9.17, 15) is 19.2 Å². The second kappa shape index (κ2) is 15.8. The molecular weight excluding hydrogens is 468 g/mol. The minimum Gasteiger partial charge on any atom is -0.463 e. The summed E-state index contributed by atoms with van der Waals surface area (Å²) in [6, 6.07) is 0. The van der Waals surface area contributed by atoms with Crippen molar-refractivity contribution in [2.75, 3.05) is 52.6 Å². The van der Waals surface area contributed by atoms with Crippen molar-refractivity contribution < 1.29 is 38.1 Å². The van der Waals surface area contributed by atoms with Crippen molar-refractivity contribution in [3.63, 3.8) is 0 Å². The molecular formula is C13H16N4O8S4. The molecule has 0 unspecified atom stereocenters. The van der Waals surface area contributed by atoms with Gasteiger partial charge in [0.05, 0.1) is 0 Å². The van der Waals surface area contributed by atoms with Crippen LogP contribution in [0.5, 0.6) is 0 Å². The molecule has 0 aliphatic rings. The van der Waals surface area contributed by atoms with E-state index in [2.05, 4.69) is 67.2 Å². The third-order valence-electron chi connectivity index (χ3n) is 2.93. The summed E-state index contributed by atoms with van der Waals surface area (Å²) >= 11 is 17.3. The van der Waals surface area contributed by atoms with Crippen LogP contribution in [0.25, 0.3) is 0 Å². The summed E-state index contributed by atoms with van der Waals surface area (Å²) in [5.74, 6) is -3.19. The van der Waals surface area contributed by atoms with E-state index >= 15 is 0 Å². The molecule has 0 aromatic carbocycles. The van der Waals surface area contributed by atoms with Crippen LogP contribution in [0.4, 0.5) is 0 Å². The summed E-state index contributed by atoms with van der Waals surface area (Å²) in [4.78, 5) is 46.5. The normalized spacial score (nSPS) is 10.2. The van der Waals surface area contributed by atoms with Crippen LogP contribution in [0.1, 0.15) is 0 Å². The van der Waals surface area contributed by atoms with Crippen molar-refractivity contribution in [3.05, 3.63) is 0 Å². The summed E-state index contributed by atoms with van der Waals surface area (Å²) in [6.45, 7) is -3.52. The standard InChI is InChI=1S/C13H16N4O8S4/c18-9(1-14-26)22-5-13(6-23-10(19)2-15-27,7-24-11(20)3-16-28)8-25-12(21)4-17-29/h1-8H2. The van der Waals surface area contributed by atoms with Crippen LogP contribution in [0.2, 0.25) is 0 Å². The Hall–Kier alpha value is -2.04. The predicted molar refractivity (Wildman–Crippen MR) is 105 cm³/mol. The molecule has 0 radical (unpaired) electrons. The zero-order valence-electron chi connectivity index (χ0n) is 14.8. The van der Waals surface area contributed by atoms with Crippen LogP contribution in [-0.2, 0) is 87.8 Å². The van der Waals surface area contributed by atoms with Gasteiger partial charge in [-0.2, -0.15) is 0 Å². The Balaban J connectivity index is 5.45. The van der Waals surface area contributed by atoms with Gasteiger partial charge in [0.25, 0.3) is 0 Å². The molecule has 0 saturated heterocycles. The molecule has 0 amide bonds. The van der Waals surface area contributed by atoms with Gasteiger partial charge in [-0.1, -0.05) is 0 Å². The molecule has 0 aliphatic heterocycles. The number of carbonyl (C=O) groups excluding carboxylic acids is 4. The van der Waals surface area contributed by atoms with E-state index in [0.29, 0.717) is 0 Å². The molecule has 0 aliphatic carbocycles. The van der Waals surface area contributed by atoms with Crippen LogP contribution in [-0.4, -0.2) is 76.5 Å². The quantitative estimate of drug-likeness (QED) is 0.196. The number of carbonyl (C=O) groups is 4. The van der Waals surface area contributed by atoms with Gasteiger partial charge < -0.3 is 18.9 Å². The third kappa shape index (κ3) is 12.9. The molecule has 0 heterocycles. The molecule has 16 heteroatoms. The lowest BCUT2D eigenvalue weighted by Gasteiger charge is -2.31. The highest BCUT2D eigenvalue weighted by Crippen LogP contribution is 2.21. The average molecular weight is 485 g/mol. The zero-order valence-corrected chi connectivity index (χ0v) is 18.1. The summed E-state index contributed by atoms with van der Waals surface area (Å²) in [6.07, 6.45) is 0. The topological polar surface area (TPSA) is 155 Å². The van der Waals surface area contributed by atoms with E-state index in [0.717, 1.165) is 0 Å². The number of ether oxygens (including phenoxy) is 4. The molecule has 29 heavy (non-hydrogen) atoms.